The van der Waals surface area contributed by atoms with E-state index >= 15 is 0 Å². The molecule has 0 spiro atoms. The third-order valence-corrected chi connectivity index (χ3v) is 9.85. The fourth-order valence-corrected chi connectivity index (χ4v) is 7.11. The second-order valence-electron chi connectivity index (χ2n) is 9.23. The van der Waals surface area contributed by atoms with Crippen molar-refractivity contribution in [3.63, 3.8) is 0 Å². The minimum Gasteiger partial charge on any atom is -0.493 e. The Morgan fingerprint density at radius 3 is 2.51 bits per heavy atom. The highest BCUT2D eigenvalue weighted by Gasteiger charge is 2.36. The zero-order valence-electron chi connectivity index (χ0n) is 21.7. The fourth-order valence-electron chi connectivity index (χ4n) is 4.53. The summed E-state index contributed by atoms with van der Waals surface area (Å²) in [6.45, 7) is 6.20. The summed E-state index contributed by atoms with van der Waals surface area (Å²) in [6.07, 6.45) is 1.32. The van der Waals surface area contributed by atoms with E-state index in [-0.39, 0.29) is 36.0 Å². The lowest BCUT2D eigenvalue weighted by atomic mass is 10.0. The van der Waals surface area contributed by atoms with Crippen molar-refractivity contribution >= 4 is 27.3 Å². The van der Waals surface area contributed by atoms with Crippen LogP contribution in [0.5, 0.6) is 11.5 Å². The number of hydrogen-bond acceptors (Lipinski definition) is 6. The van der Waals surface area contributed by atoms with Gasteiger partial charge in [0.25, 0.3) is 0 Å². The van der Waals surface area contributed by atoms with Gasteiger partial charge in [0.1, 0.15) is 6.61 Å². The zero-order valence-corrected chi connectivity index (χ0v) is 23.3. The van der Waals surface area contributed by atoms with Crippen LogP contribution in [0.2, 0.25) is 0 Å². The maximum Gasteiger partial charge on any atom is 0.243 e. The van der Waals surface area contributed by atoms with Crippen molar-refractivity contribution in [3.05, 3.63) is 76.0 Å². The summed E-state index contributed by atoms with van der Waals surface area (Å²) < 4.78 is 40.1. The molecule has 4 rings (SSSR count). The molecule has 1 aliphatic rings. The number of para-hydroxylation sites is 2. The number of fused-ring (bicyclic) bond motifs is 1. The van der Waals surface area contributed by atoms with Crippen LogP contribution in [0, 0.1) is 6.92 Å². The van der Waals surface area contributed by atoms with Crippen LogP contribution in [-0.2, 0) is 21.2 Å². The van der Waals surface area contributed by atoms with Crippen LogP contribution >= 0.6 is 11.3 Å². The SMILES string of the molecule is CC[C@H](C)N(CC(=O)N1CCc2sccc2[C@H]1COc1ccccc1OC)S(=O)(=O)c1ccc(C)cc1. The van der Waals surface area contributed by atoms with Crippen molar-refractivity contribution in [2.75, 3.05) is 26.8 Å². The van der Waals surface area contributed by atoms with E-state index in [9.17, 15) is 13.2 Å². The van der Waals surface area contributed by atoms with E-state index in [1.54, 1.807) is 47.6 Å². The molecule has 37 heavy (non-hydrogen) atoms. The maximum atomic E-state index is 13.8. The summed E-state index contributed by atoms with van der Waals surface area (Å²) >= 11 is 1.67. The summed E-state index contributed by atoms with van der Waals surface area (Å²) in [5.74, 6) is 0.985. The molecular weight excluding hydrogens is 508 g/mol. The first-order valence-electron chi connectivity index (χ1n) is 12.5. The molecule has 1 amide bonds. The van der Waals surface area contributed by atoms with Crippen molar-refractivity contribution in [3.8, 4) is 11.5 Å². The molecule has 1 aliphatic heterocycles. The van der Waals surface area contributed by atoms with Gasteiger partial charge in [-0.15, -0.1) is 11.3 Å². The summed E-state index contributed by atoms with van der Waals surface area (Å²) in [7, 11) is -2.26. The second kappa shape index (κ2) is 11.7. The van der Waals surface area contributed by atoms with Crippen molar-refractivity contribution in [2.24, 2.45) is 0 Å². The lowest BCUT2D eigenvalue weighted by molar-refractivity contribution is -0.135. The minimum atomic E-state index is -3.85. The number of sulfonamides is 1. The van der Waals surface area contributed by atoms with Gasteiger partial charge in [0, 0.05) is 17.5 Å². The van der Waals surface area contributed by atoms with Gasteiger partial charge in [-0.1, -0.05) is 36.8 Å². The normalized spacial score (nSPS) is 16.4. The Kier molecular flexibility index (Phi) is 8.56. The first-order valence-corrected chi connectivity index (χ1v) is 14.8. The van der Waals surface area contributed by atoms with E-state index in [4.69, 9.17) is 9.47 Å². The third kappa shape index (κ3) is 5.84. The number of methoxy groups -OCH3 is 1. The summed E-state index contributed by atoms with van der Waals surface area (Å²) in [5, 5.41) is 2.03. The number of rotatable bonds is 10. The van der Waals surface area contributed by atoms with E-state index < -0.39 is 10.0 Å². The van der Waals surface area contributed by atoms with E-state index in [1.165, 1.54) is 9.18 Å². The van der Waals surface area contributed by atoms with Crippen LogP contribution in [0.1, 0.15) is 42.3 Å². The van der Waals surface area contributed by atoms with Crippen molar-refractivity contribution in [1.82, 2.24) is 9.21 Å². The zero-order chi connectivity index (χ0) is 26.6. The molecule has 3 aromatic rings. The van der Waals surface area contributed by atoms with E-state index in [1.807, 2.05) is 56.5 Å². The van der Waals surface area contributed by atoms with E-state index in [2.05, 4.69) is 0 Å². The van der Waals surface area contributed by atoms with Crippen LogP contribution in [0.3, 0.4) is 0 Å². The monoisotopic (exact) mass is 542 g/mol. The Hall–Kier alpha value is -2.88. The molecule has 9 heteroatoms. The highest BCUT2D eigenvalue weighted by atomic mass is 32.2. The molecule has 0 fully saturated rings. The maximum absolute atomic E-state index is 13.8. The van der Waals surface area contributed by atoms with Crippen LogP contribution in [0.25, 0.3) is 0 Å². The molecule has 2 heterocycles. The molecule has 0 N–H and O–H groups in total. The quantitative estimate of drug-likeness (QED) is 0.358. The minimum absolute atomic E-state index is 0.195. The summed E-state index contributed by atoms with van der Waals surface area (Å²) in [4.78, 5) is 17.0. The van der Waals surface area contributed by atoms with Gasteiger partial charge in [0.15, 0.2) is 11.5 Å². The van der Waals surface area contributed by atoms with Gasteiger partial charge in [-0.05, 0) is 68.0 Å². The number of benzene rings is 2. The number of carbonyl (C=O) groups excluding carboxylic acids is 1. The highest BCUT2D eigenvalue weighted by molar-refractivity contribution is 7.89. The number of aryl methyl sites for hydroxylation is 1. The molecule has 0 saturated heterocycles. The van der Waals surface area contributed by atoms with E-state index in [0.29, 0.717) is 24.5 Å². The Labute approximate surface area is 223 Å². The van der Waals surface area contributed by atoms with Gasteiger partial charge in [0.05, 0.1) is 24.6 Å². The average molecular weight is 543 g/mol. The van der Waals surface area contributed by atoms with Crippen molar-refractivity contribution in [2.45, 2.75) is 50.6 Å². The number of thiophene rings is 1. The van der Waals surface area contributed by atoms with Gasteiger partial charge in [0.2, 0.25) is 15.9 Å². The molecule has 2 atom stereocenters. The van der Waals surface area contributed by atoms with Crippen LogP contribution < -0.4 is 9.47 Å². The van der Waals surface area contributed by atoms with Crippen molar-refractivity contribution in [1.29, 1.82) is 0 Å². The Morgan fingerprint density at radius 1 is 1.14 bits per heavy atom. The van der Waals surface area contributed by atoms with Crippen molar-refractivity contribution < 1.29 is 22.7 Å². The van der Waals surface area contributed by atoms with Gasteiger partial charge in [-0.2, -0.15) is 4.31 Å². The average Bonchev–Trinajstić information content (AvgIpc) is 3.39. The smallest absolute Gasteiger partial charge is 0.243 e. The van der Waals surface area contributed by atoms with Gasteiger partial charge in [-0.25, -0.2) is 8.42 Å². The molecule has 7 nitrogen and oxygen atoms in total. The number of carbonyl (C=O) groups is 1. The second-order valence-corrected chi connectivity index (χ2v) is 12.1. The third-order valence-electron chi connectivity index (χ3n) is 6.88. The van der Waals surface area contributed by atoms with Crippen LogP contribution in [-0.4, -0.2) is 56.4 Å². The number of amides is 1. The Bertz CT molecular complexity index is 1320. The molecule has 0 bridgehead atoms. The predicted molar refractivity (Wildman–Crippen MR) is 146 cm³/mol. The first-order chi connectivity index (χ1) is 17.8. The van der Waals surface area contributed by atoms with Gasteiger partial charge in [-0.3, -0.25) is 4.79 Å². The summed E-state index contributed by atoms with van der Waals surface area (Å²) in [6, 6.07) is 15.5. The number of nitrogens with zero attached hydrogens (tertiary/aromatic N) is 2. The highest BCUT2D eigenvalue weighted by Crippen LogP contribution is 2.35. The number of ether oxygens (including phenoxy) is 2. The fraction of sp³-hybridized carbons (Fsp3) is 0.393. The van der Waals surface area contributed by atoms with Gasteiger partial charge >= 0.3 is 0 Å². The van der Waals surface area contributed by atoms with Gasteiger partial charge < -0.3 is 14.4 Å². The Balaban J connectivity index is 1.60. The Morgan fingerprint density at radius 2 is 1.84 bits per heavy atom. The molecule has 0 radical (unpaired) electrons. The lowest BCUT2D eigenvalue weighted by Gasteiger charge is -2.37. The molecule has 1 aromatic heterocycles. The molecule has 2 aromatic carbocycles. The molecule has 0 aliphatic carbocycles. The largest absolute Gasteiger partial charge is 0.493 e. The molecule has 0 unspecified atom stereocenters. The number of hydrogen-bond donors (Lipinski definition) is 0. The molecule has 0 saturated carbocycles. The molecular formula is C28H34N2O5S2. The standard InChI is InChI=1S/C28H34N2O5S2/c1-5-21(3)30(37(32,33)22-12-10-20(2)11-13-22)18-28(31)29-16-14-27-23(15-17-36-27)24(29)19-35-26-9-7-6-8-25(26)34-4/h6-13,15,17,21,24H,5,14,16,18-19H2,1-4H3/t21-,24+/m0/s1. The predicted octanol–water partition coefficient (Wildman–Crippen LogP) is 5.06. The van der Waals surface area contributed by atoms with Crippen LogP contribution in [0.15, 0.2) is 64.9 Å². The summed E-state index contributed by atoms with van der Waals surface area (Å²) in [5.41, 5.74) is 2.03. The first kappa shape index (κ1) is 27.2. The lowest BCUT2D eigenvalue weighted by Crippen LogP contribution is -2.49. The molecule has 198 valence electrons. The van der Waals surface area contributed by atoms with E-state index in [0.717, 1.165) is 17.5 Å². The van der Waals surface area contributed by atoms with Crippen LogP contribution in [0.4, 0.5) is 0 Å². The topological polar surface area (TPSA) is 76.2 Å².